The minimum absolute atomic E-state index is 0.109. The summed E-state index contributed by atoms with van der Waals surface area (Å²) in [5.41, 5.74) is 1.03. The van der Waals surface area contributed by atoms with Gasteiger partial charge >= 0.3 is 0 Å². The lowest BCUT2D eigenvalue weighted by molar-refractivity contribution is -0.170. The summed E-state index contributed by atoms with van der Waals surface area (Å²) in [4.78, 5) is 28.2. The van der Waals surface area contributed by atoms with E-state index in [1.807, 2.05) is 18.2 Å². The molecular formula is C28H39NO4. The fourth-order valence-corrected chi connectivity index (χ4v) is 8.45. The van der Waals surface area contributed by atoms with Crippen LogP contribution in [0.3, 0.4) is 0 Å². The van der Waals surface area contributed by atoms with Crippen LogP contribution in [-0.2, 0) is 16.1 Å². The highest BCUT2D eigenvalue weighted by molar-refractivity contribution is 5.87. The Hall–Kier alpha value is -2.04. The molecule has 4 aliphatic rings. The van der Waals surface area contributed by atoms with Crippen LogP contribution in [0.2, 0.25) is 0 Å². The fourth-order valence-electron chi connectivity index (χ4n) is 8.45. The van der Waals surface area contributed by atoms with Crippen molar-refractivity contribution in [3.63, 3.8) is 0 Å². The molecule has 0 aromatic heterocycles. The number of amides is 1. The first-order valence-corrected chi connectivity index (χ1v) is 12.8. The molecule has 33 heavy (non-hydrogen) atoms. The van der Waals surface area contributed by atoms with Gasteiger partial charge in [-0.15, -0.1) is 0 Å². The average molecular weight is 454 g/mol. The lowest BCUT2D eigenvalue weighted by atomic mass is 9.45. The van der Waals surface area contributed by atoms with Crippen LogP contribution in [0.15, 0.2) is 18.2 Å². The predicted octanol–water partition coefficient (Wildman–Crippen LogP) is 5.25. The number of methoxy groups -OCH3 is 2. The number of hydrogen-bond acceptors (Lipinski definition) is 4. The predicted molar refractivity (Wildman–Crippen MR) is 127 cm³/mol. The molecule has 7 atom stereocenters. The molecule has 1 heterocycles. The van der Waals surface area contributed by atoms with E-state index >= 15 is 0 Å². The third kappa shape index (κ3) is 3.32. The van der Waals surface area contributed by atoms with Crippen LogP contribution in [-0.4, -0.2) is 36.9 Å². The smallest absolute Gasteiger partial charge is 0.223 e. The number of nitrogens with zero attached hydrogens (tertiary/aromatic N) is 1. The quantitative estimate of drug-likeness (QED) is 0.625. The Balaban J connectivity index is 1.46. The van der Waals surface area contributed by atoms with Crippen LogP contribution in [0, 0.1) is 34.5 Å². The molecule has 1 aromatic carbocycles. The summed E-state index contributed by atoms with van der Waals surface area (Å²) in [5, 5.41) is 0. The molecule has 5 rings (SSSR count). The van der Waals surface area contributed by atoms with Crippen molar-refractivity contribution < 1.29 is 19.1 Å². The molecule has 1 aromatic rings. The molecule has 0 N–H and O–H groups in total. The highest BCUT2D eigenvalue weighted by atomic mass is 16.5. The lowest BCUT2D eigenvalue weighted by Gasteiger charge is -2.63. The van der Waals surface area contributed by atoms with Gasteiger partial charge in [0.1, 0.15) is 17.3 Å². The molecule has 3 saturated carbocycles. The van der Waals surface area contributed by atoms with Crippen LogP contribution < -0.4 is 9.47 Å². The van der Waals surface area contributed by atoms with Crippen LogP contribution in [0.5, 0.6) is 11.5 Å². The third-order valence-corrected chi connectivity index (χ3v) is 10.3. The van der Waals surface area contributed by atoms with Crippen molar-refractivity contribution in [2.75, 3.05) is 14.2 Å². The van der Waals surface area contributed by atoms with E-state index in [1.165, 1.54) is 0 Å². The minimum atomic E-state index is -0.112. The summed E-state index contributed by atoms with van der Waals surface area (Å²) in [6, 6.07) is 6.12. The number of benzene rings is 1. The van der Waals surface area contributed by atoms with Gasteiger partial charge in [0, 0.05) is 42.5 Å². The molecular weight excluding hydrogens is 414 g/mol. The molecule has 180 valence electrons. The zero-order valence-electron chi connectivity index (χ0n) is 20.9. The molecule has 0 bridgehead atoms. The first kappa shape index (κ1) is 22.7. The largest absolute Gasteiger partial charge is 0.497 e. The van der Waals surface area contributed by atoms with E-state index < -0.39 is 0 Å². The lowest BCUT2D eigenvalue weighted by Crippen LogP contribution is -2.63. The molecule has 5 heteroatoms. The van der Waals surface area contributed by atoms with Crippen molar-refractivity contribution in [3.05, 3.63) is 23.8 Å². The van der Waals surface area contributed by atoms with Gasteiger partial charge in [0.25, 0.3) is 0 Å². The van der Waals surface area contributed by atoms with Gasteiger partial charge in [-0.05, 0) is 73.3 Å². The number of likely N-dealkylation sites (tertiary alicyclic amines) is 1. The number of ether oxygens (including phenoxy) is 2. The van der Waals surface area contributed by atoms with Gasteiger partial charge in [-0.25, -0.2) is 0 Å². The summed E-state index contributed by atoms with van der Waals surface area (Å²) in [5.74, 6) is 4.52. The number of rotatable bonds is 4. The maximum atomic E-state index is 13.3. The summed E-state index contributed by atoms with van der Waals surface area (Å²) >= 11 is 0. The molecule has 1 saturated heterocycles. The number of carbonyl (C=O) groups excluding carboxylic acids is 2. The maximum absolute atomic E-state index is 13.3. The van der Waals surface area contributed by atoms with Crippen molar-refractivity contribution in [1.29, 1.82) is 0 Å². The Labute approximate surface area is 198 Å². The van der Waals surface area contributed by atoms with Gasteiger partial charge < -0.3 is 14.4 Å². The number of hydrogen-bond donors (Lipinski definition) is 0. The topological polar surface area (TPSA) is 55.8 Å². The Morgan fingerprint density at radius 1 is 1.03 bits per heavy atom. The number of fused-ring (bicyclic) bond motifs is 5. The van der Waals surface area contributed by atoms with E-state index in [2.05, 4.69) is 25.7 Å². The Morgan fingerprint density at radius 2 is 1.82 bits per heavy atom. The summed E-state index contributed by atoms with van der Waals surface area (Å²) in [6.45, 7) is 7.66. The molecule has 0 spiro atoms. The summed E-state index contributed by atoms with van der Waals surface area (Å²) in [6.07, 6.45) is 6.58. The molecule has 5 nitrogen and oxygen atoms in total. The van der Waals surface area contributed by atoms with E-state index in [4.69, 9.17) is 9.47 Å². The van der Waals surface area contributed by atoms with Crippen molar-refractivity contribution in [1.82, 2.24) is 4.90 Å². The fraction of sp³-hybridized carbons (Fsp3) is 0.714. The second kappa shape index (κ2) is 8.02. The molecule has 3 aliphatic carbocycles. The average Bonchev–Trinajstić information content (AvgIpc) is 3.11. The van der Waals surface area contributed by atoms with Crippen LogP contribution in [0.1, 0.15) is 71.3 Å². The second-order valence-electron chi connectivity index (χ2n) is 11.6. The highest BCUT2D eigenvalue weighted by Crippen LogP contribution is 2.65. The Kier molecular flexibility index (Phi) is 5.53. The molecule has 2 unspecified atom stereocenters. The van der Waals surface area contributed by atoms with Gasteiger partial charge in [-0.3, -0.25) is 9.59 Å². The van der Waals surface area contributed by atoms with Gasteiger partial charge in [0.15, 0.2) is 0 Å². The van der Waals surface area contributed by atoms with E-state index in [-0.39, 0.29) is 22.8 Å². The number of Topliss-reactive ketones (excluding diaryl/α,β-unsaturated/α-hetero) is 1. The summed E-state index contributed by atoms with van der Waals surface area (Å²) in [7, 11) is 3.33. The Bertz CT molecular complexity index is 959. The third-order valence-electron chi connectivity index (χ3n) is 10.3. The SMILES string of the molecule is COc1ccc(CN2C(=O)CC[C@@]3(C)C2CC(C)[C@@H]2[C@H]3CC[C@]3(C)C(=O)CC[C@@H]23)c(OC)c1. The standard InChI is InChI=1S/C28H39NO4/c1-17-14-23-27(2,21-10-12-28(3)20(26(17)21)8-9-24(28)30)13-11-25(31)29(23)16-18-6-7-19(32-4)15-22(18)33-5/h6-7,15,17,20-21,23,26H,8-14,16H2,1-5H3/t17?,20-,21+,23?,26-,27+,28-/m0/s1. The molecule has 1 aliphatic heterocycles. The molecule has 0 radical (unpaired) electrons. The first-order chi connectivity index (χ1) is 15.7. The highest BCUT2D eigenvalue weighted by Gasteiger charge is 2.63. The van der Waals surface area contributed by atoms with Gasteiger partial charge in [0.05, 0.1) is 14.2 Å². The second-order valence-corrected chi connectivity index (χ2v) is 11.6. The molecule has 1 amide bonds. The van der Waals surface area contributed by atoms with E-state index in [0.717, 1.165) is 55.6 Å². The minimum Gasteiger partial charge on any atom is -0.497 e. The normalized spacial score (nSPS) is 40.2. The zero-order chi connectivity index (χ0) is 23.5. The van der Waals surface area contributed by atoms with Crippen molar-refractivity contribution in [2.24, 2.45) is 34.5 Å². The van der Waals surface area contributed by atoms with Crippen molar-refractivity contribution in [2.45, 2.75) is 78.3 Å². The summed E-state index contributed by atoms with van der Waals surface area (Å²) < 4.78 is 11.0. The number of piperidine rings is 1. The van der Waals surface area contributed by atoms with Crippen LogP contribution in [0.4, 0.5) is 0 Å². The first-order valence-electron chi connectivity index (χ1n) is 12.8. The maximum Gasteiger partial charge on any atom is 0.223 e. The van der Waals surface area contributed by atoms with Gasteiger partial charge in [-0.2, -0.15) is 0 Å². The van der Waals surface area contributed by atoms with Crippen molar-refractivity contribution >= 4 is 11.7 Å². The Morgan fingerprint density at radius 3 is 2.55 bits per heavy atom. The van der Waals surface area contributed by atoms with E-state index in [9.17, 15) is 9.59 Å². The van der Waals surface area contributed by atoms with E-state index in [1.54, 1.807) is 14.2 Å². The molecule has 4 fully saturated rings. The van der Waals surface area contributed by atoms with Crippen LogP contribution >= 0.6 is 0 Å². The van der Waals surface area contributed by atoms with Gasteiger partial charge in [0.2, 0.25) is 5.91 Å². The van der Waals surface area contributed by atoms with Crippen LogP contribution in [0.25, 0.3) is 0 Å². The van der Waals surface area contributed by atoms with Gasteiger partial charge in [-0.1, -0.05) is 20.8 Å². The monoisotopic (exact) mass is 453 g/mol. The zero-order valence-corrected chi connectivity index (χ0v) is 20.9. The van der Waals surface area contributed by atoms with E-state index in [0.29, 0.717) is 42.4 Å². The number of ketones is 1. The van der Waals surface area contributed by atoms with Crippen molar-refractivity contribution in [3.8, 4) is 11.5 Å². The number of carbonyl (C=O) groups is 2.